The van der Waals surface area contributed by atoms with Gasteiger partial charge in [-0.05, 0) is 17.7 Å². The van der Waals surface area contributed by atoms with Crippen molar-refractivity contribution in [2.75, 3.05) is 39.3 Å². The zero-order chi connectivity index (χ0) is 18.3. The van der Waals surface area contributed by atoms with Gasteiger partial charge in [0.2, 0.25) is 0 Å². The highest BCUT2D eigenvalue weighted by Gasteiger charge is 2.29. The number of nitrogens with one attached hydrogen (secondary N) is 1. The van der Waals surface area contributed by atoms with Gasteiger partial charge in [-0.1, -0.05) is 48.5 Å². The third kappa shape index (κ3) is 4.80. The summed E-state index contributed by atoms with van der Waals surface area (Å²) < 4.78 is 5.89. The quantitative estimate of drug-likeness (QED) is 0.855. The molecule has 4 rings (SSSR count). The first-order valence-corrected chi connectivity index (χ1v) is 9.89. The summed E-state index contributed by atoms with van der Waals surface area (Å²) in [7, 11) is 0. The van der Waals surface area contributed by atoms with Gasteiger partial charge in [0.15, 0.2) is 5.96 Å². The predicted octanol–water partition coefficient (Wildman–Crippen LogP) is 2.60. The molecule has 0 spiro atoms. The maximum Gasteiger partial charge on any atom is 0.197 e. The van der Waals surface area contributed by atoms with E-state index in [2.05, 4.69) is 45.4 Å². The van der Waals surface area contributed by atoms with Crippen LogP contribution in [0.3, 0.4) is 0 Å². The van der Waals surface area contributed by atoms with E-state index < -0.39 is 0 Å². The van der Waals surface area contributed by atoms with E-state index in [9.17, 15) is 0 Å². The van der Waals surface area contributed by atoms with Gasteiger partial charge in [0, 0.05) is 45.7 Å². The molecule has 0 radical (unpaired) electrons. The third-order valence-electron chi connectivity index (χ3n) is 5.09. The minimum atomic E-state index is 0.294. The second-order valence-electron chi connectivity index (χ2n) is 7.14. The number of rotatable bonds is 6. The van der Waals surface area contributed by atoms with Crippen LogP contribution >= 0.6 is 0 Å². The van der Waals surface area contributed by atoms with E-state index >= 15 is 0 Å². The number of hydrogen-bond acceptors (Lipinski definition) is 5. The van der Waals surface area contributed by atoms with Gasteiger partial charge in [-0.15, -0.1) is 0 Å². The first-order chi connectivity index (χ1) is 13.4. The molecule has 2 aliphatic heterocycles. The molecule has 2 heterocycles. The van der Waals surface area contributed by atoms with Gasteiger partial charge in [-0.25, -0.2) is 4.99 Å². The highest BCUT2D eigenvalue weighted by molar-refractivity contribution is 5.82. The lowest BCUT2D eigenvalue weighted by Gasteiger charge is -2.33. The van der Waals surface area contributed by atoms with Gasteiger partial charge in [-0.2, -0.15) is 0 Å². The Bertz CT molecular complexity index is 728. The molecule has 2 aromatic rings. The normalized spacial score (nSPS) is 19.9. The van der Waals surface area contributed by atoms with Crippen molar-refractivity contribution < 1.29 is 4.74 Å². The summed E-state index contributed by atoms with van der Waals surface area (Å²) in [6, 6.07) is 21.0. The largest absolute Gasteiger partial charge is 0.494 e. The molecule has 1 fully saturated rings. The van der Waals surface area contributed by atoms with E-state index in [1.165, 1.54) is 5.56 Å². The molecule has 142 valence electrons. The van der Waals surface area contributed by atoms with Crippen molar-refractivity contribution in [3.63, 3.8) is 0 Å². The van der Waals surface area contributed by atoms with Crippen molar-refractivity contribution >= 4 is 5.96 Å². The fraction of sp³-hybridized carbons (Fsp3) is 0.409. The number of nitrogens with zero attached hydrogens (tertiary/aromatic N) is 3. The molecule has 2 aliphatic rings. The van der Waals surface area contributed by atoms with Crippen LogP contribution in [-0.4, -0.2) is 61.1 Å². The summed E-state index contributed by atoms with van der Waals surface area (Å²) in [5.41, 5.74) is 1.33. The molecule has 0 bridgehead atoms. The van der Waals surface area contributed by atoms with E-state index in [-0.39, 0.29) is 0 Å². The fourth-order valence-electron chi connectivity index (χ4n) is 3.69. The topological polar surface area (TPSA) is 40.1 Å². The van der Waals surface area contributed by atoms with Crippen LogP contribution in [0.2, 0.25) is 0 Å². The second kappa shape index (κ2) is 8.91. The van der Waals surface area contributed by atoms with E-state index in [1.54, 1.807) is 0 Å². The van der Waals surface area contributed by atoms with E-state index in [4.69, 9.17) is 9.73 Å². The summed E-state index contributed by atoms with van der Waals surface area (Å²) >= 11 is 0. The Morgan fingerprint density at radius 2 is 1.67 bits per heavy atom. The molecular weight excluding hydrogens is 336 g/mol. The van der Waals surface area contributed by atoms with E-state index in [0.29, 0.717) is 12.6 Å². The van der Waals surface area contributed by atoms with Gasteiger partial charge in [0.05, 0.1) is 12.6 Å². The Labute approximate surface area is 161 Å². The number of ether oxygens (including phenoxy) is 1. The van der Waals surface area contributed by atoms with Crippen LogP contribution < -0.4 is 10.1 Å². The van der Waals surface area contributed by atoms with Gasteiger partial charge < -0.3 is 19.9 Å². The number of para-hydroxylation sites is 1. The Kier molecular flexibility index (Phi) is 5.89. The summed E-state index contributed by atoms with van der Waals surface area (Å²) in [6.07, 6.45) is 0.940. The number of piperazine rings is 1. The molecule has 1 saturated heterocycles. The maximum atomic E-state index is 5.89. The minimum absolute atomic E-state index is 0.294. The van der Waals surface area contributed by atoms with Crippen molar-refractivity contribution in [1.82, 2.24) is 15.1 Å². The summed E-state index contributed by atoms with van der Waals surface area (Å²) in [4.78, 5) is 9.95. The van der Waals surface area contributed by atoms with Crippen LogP contribution in [-0.2, 0) is 6.54 Å². The van der Waals surface area contributed by atoms with Crippen molar-refractivity contribution in [3.05, 3.63) is 66.2 Å². The van der Waals surface area contributed by atoms with E-state index in [0.717, 1.165) is 57.4 Å². The van der Waals surface area contributed by atoms with Crippen LogP contribution in [0.4, 0.5) is 0 Å². The van der Waals surface area contributed by atoms with Gasteiger partial charge >= 0.3 is 0 Å². The van der Waals surface area contributed by atoms with Crippen molar-refractivity contribution in [2.45, 2.75) is 19.0 Å². The third-order valence-corrected chi connectivity index (χ3v) is 5.09. The van der Waals surface area contributed by atoms with Gasteiger partial charge in [0.1, 0.15) is 5.75 Å². The predicted molar refractivity (Wildman–Crippen MR) is 109 cm³/mol. The van der Waals surface area contributed by atoms with Crippen LogP contribution in [0.1, 0.15) is 12.0 Å². The van der Waals surface area contributed by atoms with E-state index in [1.807, 2.05) is 30.3 Å². The Morgan fingerprint density at radius 3 is 2.41 bits per heavy atom. The average Bonchev–Trinajstić information content (AvgIpc) is 3.13. The molecule has 0 aromatic heterocycles. The average molecular weight is 364 g/mol. The molecule has 2 aromatic carbocycles. The Hall–Kier alpha value is -2.53. The lowest BCUT2D eigenvalue weighted by atomic mass is 10.2. The van der Waals surface area contributed by atoms with Crippen LogP contribution in [0, 0.1) is 0 Å². The molecule has 0 aliphatic carbocycles. The van der Waals surface area contributed by atoms with Crippen LogP contribution in [0.15, 0.2) is 65.7 Å². The van der Waals surface area contributed by atoms with Gasteiger partial charge in [0.25, 0.3) is 0 Å². The molecule has 0 amide bonds. The van der Waals surface area contributed by atoms with Crippen LogP contribution in [0.25, 0.3) is 0 Å². The maximum absolute atomic E-state index is 5.89. The van der Waals surface area contributed by atoms with Gasteiger partial charge in [-0.3, -0.25) is 0 Å². The first-order valence-electron chi connectivity index (χ1n) is 9.89. The monoisotopic (exact) mass is 364 g/mol. The summed E-state index contributed by atoms with van der Waals surface area (Å²) in [6.45, 7) is 6.69. The van der Waals surface area contributed by atoms with Crippen LogP contribution in [0.5, 0.6) is 5.75 Å². The van der Waals surface area contributed by atoms with Crippen molar-refractivity contribution in [2.24, 2.45) is 4.99 Å². The van der Waals surface area contributed by atoms with Crippen molar-refractivity contribution in [1.29, 1.82) is 0 Å². The SMILES string of the molecule is c1ccc(CN2CC(CCOc3ccccc3)N=C2N2CCNCC2)cc1. The molecule has 1 N–H and O–H groups in total. The molecular formula is C22H28N4O. The lowest BCUT2D eigenvalue weighted by molar-refractivity contribution is 0.280. The number of hydrogen-bond donors (Lipinski definition) is 1. The number of benzene rings is 2. The standard InChI is InChI=1S/C22H28N4O/c1-3-7-19(8-4-1)17-26-18-20(11-16-27-21-9-5-2-6-10-21)24-22(26)25-14-12-23-13-15-25/h1-10,20,23H,11-18H2. The summed E-state index contributed by atoms with van der Waals surface area (Å²) in [5.74, 6) is 2.09. The zero-order valence-corrected chi connectivity index (χ0v) is 15.8. The summed E-state index contributed by atoms with van der Waals surface area (Å²) in [5, 5.41) is 3.43. The molecule has 1 unspecified atom stereocenters. The molecule has 1 atom stereocenters. The zero-order valence-electron chi connectivity index (χ0n) is 15.8. The first kappa shape index (κ1) is 17.9. The Balaban J connectivity index is 1.39. The number of guanidine groups is 1. The molecule has 5 heteroatoms. The lowest BCUT2D eigenvalue weighted by Crippen LogP contribution is -2.50. The second-order valence-corrected chi connectivity index (χ2v) is 7.14. The number of aliphatic imine (C=N–C) groups is 1. The highest BCUT2D eigenvalue weighted by atomic mass is 16.5. The molecule has 27 heavy (non-hydrogen) atoms. The Morgan fingerprint density at radius 1 is 0.963 bits per heavy atom. The van der Waals surface area contributed by atoms with Crippen molar-refractivity contribution in [3.8, 4) is 5.75 Å². The highest BCUT2D eigenvalue weighted by Crippen LogP contribution is 2.19. The smallest absolute Gasteiger partial charge is 0.197 e. The molecule has 5 nitrogen and oxygen atoms in total. The minimum Gasteiger partial charge on any atom is -0.494 e. The fourth-order valence-corrected chi connectivity index (χ4v) is 3.69. The molecule has 0 saturated carbocycles.